The molecule has 0 bridgehead atoms. The molecule has 0 radical (unpaired) electrons. The second-order valence-corrected chi connectivity index (χ2v) is 6.04. The Kier molecular flexibility index (Phi) is 6.72. The van der Waals surface area contributed by atoms with Gasteiger partial charge in [-0.05, 0) is 57.8 Å². The zero-order chi connectivity index (χ0) is 15.8. The number of rotatable bonds is 7. The number of nitrogens with one attached hydrogen (secondary N) is 1. The minimum atomic E-state index is 0.162. The van der Waals surface area contributed by atoms with Crippen molar-refractivity contribution in [2.45, 2.75) is 32.6 Å². The minimum Gasteiger partial charge on any atom is -0.494 e. The molecule has 1 aromatic rings. The van der Waals surface area contributed by atoms with Crippen molar-refractivity contribution in [2.75, 3.05) is 33.3 Å². The average Bonchev–Trinajstić information content (AvgIpc) is 2.53. The van der Waals surface area contributed by atoms with Gasteiger partial charge in [0.25, 0.3) is 0 Å². The molecule has 0 aliphatic carbocycles. The van der Waals surface area contributed by atoms with Crippen LogP contribution in [-0.4, -0.2) is 44.1 Å². The monoisotopic (exact) mass is 304 g/mol. The van der Waals surface area contributed by atoms with Crippen LogP contribution >= 0.6 is 0 Å². The number of aryl methyl sites for hydroxylation is 1. The van der Waals surface area contributed by atoms with Gasteiger partial charge in [-0.25, -0.2) is 0 Å². The highest BCUT2D eigenvalue weighted by molar-refractivity contribution is 5.78. The van der Waals surface area contributed by atoms with E-state index in [0.29, 0.717) is 6.61 Å². The number of likely N-dealkylation sites (tertiary alicyclic amines) is 1. The fourth-order valence-corrected chi connectivity index (χ4v) is 3.02. The van der Waals surface area contributed by atoms with Crippen LogP contribution in [0.4, 0.5) is 0 Å². The molecule has 1 aliphatic rings. The molecule has 0 spiro atoms. The lowest BCUT2D eigenvalue weighted by Gasteiger charge is -2.28. The molecule has 4 heteroatoms. The molecule has 1 N–H and O–H groups in total. The Hall–Kier alpha value is -1.55. The van der Waals surface area contributed by atoms with Gasteiger partial charge in [-0.1, -0.05) is 18.2 Å². The maximum atomic E-state index is 12.2. The molecule has 1 aromatic carbocycles. The first-order chi connectivity index (χ1) is 10.7. The number of carbonyl (C=O) groups is 1. The van der Waals surface area contributed by atoms with Crippen LogP contribution < -0.4 is 10.1 Å². The molecule has 22 heavy (non-hydrogen) atoms. The molecule has 2 rings (SSSR count). The van der Waals surface area contributed by atoms with E-state index in [1.54, 1.807) is 0 Å². The molecule has 1 heterocycles. The Bertz CT molecular complexity index is 476. The summed E-state index contributed by atoms with van der Waals surface area (Å²) in [7, 11) is 2.09. The van der Waals surface area contributed by atoms with E-state index in [1.165, 1.54) is 5.56 Å². The summed E-state index contributed by atoms with van der Waals surface area (Å²) in [4.78, 5) is 14.4. The highest BCUT2D eigenvalue weighted by Crippen LogP contribution is 2.19. The second kappa shape index (κ2) is 8.79. The van der Waals surface area contributed by atoms with E-state index in [4.69, 9.17) is 4.74 Å². The number of piperidine rings is 1. The van der Waals surface area contributed by atoms with Crippen molar-refractivity contribution in [1.29, 1.82) is 0 Å². The topological polar surface area (TPSA) is 41.6 Å². The highest BCUT2D eigenvalue weighted by Gasteiger charge is 2.23. The number of ether oxygens (including phenoxy) is 1. The van der Waals surface area contributed by atoms with Crippen LogP contribution in [0.2, 0.25) is 0 Å². The van der Waals surface area contributed by atoms with Gasteiger partial charge >= 0.3 is 0 Å². The van der Waals surface area contributed by atoms with E-state index in [1.807, 2.05) is 25.1 Å². The molecular formula is C18H28N2O2. The van der Waals surface area contributed by atoms with Gasteiger partial charge in [0.2, 0.25) is 5.91 Å². The summed E-state index contributed by atoms with van der Waals surface area (Å²) < 4.78 is 5.63. The SMILES string of the molecule is CCOc1ccccc1CCCNC(=O)[C@H]1CCCN(C)C1. The van der Waals surface area contributed by atoms with E-state index in [0.717, 1.165) is 51.1 Å². The van der Waals surface area contributed by atoms with E-state index in [2.05, 4.69) is 23.3 Å². The van der Waals surface area contributed by atoms with Crippen LogP contribution in [0.3, 0.4) is 0 Å². The number of hydrogen-bond donors (Lipinski definition) is 1. The largest absolute Gasteiger partial charge is 0.494 e. The van der Waals surface area contributed by atoms with Gasteiger partial charge in [-0.15, -0.1) is 0 Å². The van der Waals surface area contributed by atoms with Crippen LogP contribution in [0.15, 0.2) is 24.3 Å². The Morgan fingerprint density at radius 3 is 3.00 bits per heavy atom. The molecule has 0 saturated carbocycles. The van der Waals surface area contributed by atoms with Crippen molar-refractivity contribution in [3.05, 3.63) is 29.8 Å². The van der Waals surface area contributed by atoms with Crippen LogP contribution in [0, 0.1) is 5.92 Å². The third-order valence-corrected chi connectivity index (χ3v) is 4.19. The summed E-state index contributed by atoms with van der Waals surface area (Å²) in [5.74, 6) is 1.34. The summed E-state index contributed by atoms with van der Waals surface area (Å²) in [6, 6.07) is 8.14. The van der Waals surface area contributed by atoms with Crippen molar-refractivity contribution in [1.82, 2.24) is 10.2 Å². The van der Waals surface area contributed by atoms with Crippen molar-refractivity contribution >= 4 is 5.91 Å². The quantitative estimate of drug-likeness (QED) is 0.787. The van der Waals surface area contributed by atoms with Gasteiger partial charge in [0.15, 0.2) is 0 Å². The molecular weight excluding hydrogens is 276 g/mol. The van der Waals surface area contributed by atoms with E-state index in [9.17, 15) is 4.79 Å². The lowest BCUT2D eigenvalue weighted by molar-refractivity contribution is -0.126. The molecule has 1 saturated heterocycles. The highest BCUT2D eigenvalue weighted by atomic mass is 16.5. The van der Waals surface area contributed by atoms with E-state index < -0.39 is 0 Å². The van der Waals surface area contributed by atoms with Crippen molar-refractivity contribution in [3.8, 4) is 5.75 Å². The van der Waals surface area contributed by atoms with Gasteiger partial charge in [0.1, 0.15) is 5.75 Å². The summed E-state index contributed by atoms with van der Waals surface area (Å²) in [6.07, 6.45) is 4.01. The smallest absolute Gasteiger partial charge is 0.224 e. The maximum absolute atomic E-state index is 12.2. The molecule has 1 fully saturated rings. The third-order valence-electron chi connectivity index (χ3n) is 4.19. The van der Waals surface area contributed by atoms with E-state index in [-0.39, 0.29) is 11.8 Å². The van der Waals surface area contributed by atoms with Crippen molar-refractivity contribution in [2.24, 2.45) is 5.92 Å². The number of amides is 1. The summed E-state index contributed by atoms with van der Waals surface area (Å²) in [5.41, 5.74) is 1.22. The maximum Gasteiger partial charge on any atom is 0.224 e. The fourth-order valence-electron chi connectivity index (χ4n) is 3.02. The Balaban J connectivity index is 1.71. The first-order valence-corrected chi connectivity index (χ1v) is 8.37. The molecule has 0 unspecified atom stereocenters. The van der Waals surface area contributed by atoms with Crippen LogP contribution in [0.25, 0.3) is 0 Å². The van der Waals surface area contributed by atoms with Crippen molar-refractivity contribution < 1.29 is 9.53 Å². The van der Waals surface area contributed by atoms with E-state index >= 15 is 0 Å². The van der Waals surface area contributed by atoms with Crippen LogP contribution in [-0.2, 0) is 11.2 Å². The number of nitrogens with zero attached hydrogens (tertiary/aromatic N) is 1. The molecule has 122 valence electrons. The predicted molar refractivity (Wildman–Crippen MR) is 89.2 cm³/mol. The lowest BCUT2D eigenvalue weighted by atomic mass is 9.97. The average molecular weight is 304 g/mol. The van der Waals surface area contributed by atoms with Gasteiger partial charge in [0.05, 0.1) is 12.5 Å². The zero-order valence-electron chi connectivity index (χ0n) is 13.8. The van der Waals surface area contributed by atoms with Crippen LogP contribution in [0.1, 0.15) is 31.7 Å². The first kappa shape index (κ1) is 16.8. The second-order valence-electron chi connectivity index (χ2n) is 6.04. The predicted octanol–water partition coefficient (Wildman–Crippen LogP) is 2.48. The third kappa shape index (κ3) is 5.02. The fraction of sp³-hybridized carbons (Fsp3) is 0.611. The Labute approximate surface area is 133 Å². The first-order valence-electron chi connectivity index (χ1n) is 8.37. The summed E-state index contributed by atoms with van der Waals surface area (Å²) in [5, 5.41) is 3.09. The van der Waals surface area contributed by atoms with Gasteiger partial charge < -0.3 is 15.0 Å². The standard InChI is InChI=1S/C18H28N2O2/c1-3-22-17-11-5-4-8-15(17)9-6-12-19-18(21)16-10-7-13-20(2)14-16/h4-5,8,11,16H,3,6-7,9-10,12-14H2,1-2H3,(H,19,21)/t16-/m0/s1. The number of carbonyl (C=O) groups excluding carboxylic acids is 1. The van der Waals surface area contributed by atoms with Gasteiger partial charge in [-0.2, -0.15) is 0 Å². The molecule has 1 amide bonds. The molecule has 1 atom stereocenters. The summed E-state index contributed by atoms with van der Waals surface area (Å²) in [6.45, 7) is 5.41. The molecule has 4 nitrogen and oxygen atoms in total. The van der Waals surface area contributed by atoms with Gasteiger partial charge in [0, 0.05) is 13.1 Å². The number of para-hydroxylation sites is 1. The number of benzene rings is 1. The van der Waals surface area contributed by atoms with Crippen molar-refractivity contribution in [3.63, 3.8) is 0 Å². The van der Waals surface area contributed by atoms with Crippen LogP contribution in [0.5, 0.6) is 5.75 Å². The Morgan fingerprint density at radius 1 is 1.41 bits per heavy atom. The lowest BCUT2D eigenvalue weighted by Crippen LogP contribution is -2.41. The normalized spacial score (nSPS) is 18.9. The number of hydrogen-bond acceptors (Lipinski definition) is 3. The zero-order valence-corrected chi connectivity index (χ0v) is 13.8. The Morgan fingerprint density at radius 2 is 2.23 bits per heavy atom. The summed E-state index contributed by atoms with van der Waals surface area (Å²) >= 11 is 0. The molecule has 1 aliphatic heterocycles. The molecule has 0 aromatic heterocycles. The minimum absolute atomic E-state index is 0.162. The van der Waals surface area contributed by atoms with Gasteiger partial charge in [-0.3, -0.25) is 4.79 Å².